The minimum atomic E-state index is -0.561. The van der Waals surface area contributed by atoms with Crippen LogP contribution < -0.4 is 0 Å². The largest absolute Gasteiger partial charge is 0.469 e. The summed E-state index contributed by atoms with van der Waals surface area (Å²) in [5.74, 6) is -1.47. The number of nitrogens with zero attached hydrogens (tertiary/aromatic N) is 1. The van der Waals surface area contributed by atoms with E-state index < -0.39 is 11.9 Å². The molecule has 0 amide bonds. The van der Waals surface area contributed by atoms with Crippen molar-refractivity contribution in [3.05, 3.63) is 48.6 Å². The van der Waals surface area contributed by atoms with Gasteiger partial charge in [-0.25, -0.2) is 4.79 Å². The zero-order chi connectivity index (χ0) is 16.4. The first-order valence-corrected chi connectivity index (χ1v) is 7.09. The second-order valence-corrected chi connectivity index (χ2v) is 4.77. The van der Waals surface area contributed by atoms with Crippen LogP contribution in [0.2, 0.25) is 0 Å². The summed E-state index contributed by atoms with van der Waals surface area (Å²) >= 11 is 0. The van der Waals surface area contributed by atoms with E-state index in [1.54, 1.807) is 43.3 Å². The second-order valence-electron chi connectivity index (χ2n) is 4.77. The Morgan fingerprint density at radius 3 is 2.59 bits per heavy atom. The molecule has 0 aliphatic rings. The van der Waals surface area contributed by atoms with Crippen LogP contribution >= 0.6 is 0 Å². The topological polar surface area (TPSA) is 65.0 Å². The van der Waals surface area contributed by atoms with E-state index in [2.05, 4.69) is 11.7 Å². The van der Waals surface area contributed by atoms with Crippen molar-refractivity contribution in [3.63, 3.8) is 0 Å². The van der Waals surface area contributed by atoms with Crippen LogP contribution in [0.1, 0.15) is 36.5 Å². The molecular weight excluding hydrogens is 282 g/mol. The molecule has 0 spiro atoms. The average Bonchev–Trinajstić information content (AvgIpc) is 2.56. The third kappa shape index (κ3) is 5.52. The number of allylic oxidation sites excluding steroid dienone is 1. The first-order chi connectivity index (χ1) is 10.6. The summed E-state index contributed by atoms with van der Waals surface area (Å²) in [6.07, 6.45) is 3.93. The van der Waals surface area contributed by atoms with Crippen molar-refractivity contribution in [3.8, 4) is 0 Å². The molecule has 5 heteroatoms. The third-order valence-electron chi connectivity index (χ3n) is 3.17. The van der Waals surface area contributed by atoms with Gasteiger partial charge < -0.3 is 9.57 Å². The van der Waals surface area contributed by atoms with Crippen LogP contribution in [0, 0.1) is 5.92 Å². The molecule has 1 aromatic carbocycles. The highest BCUT2D eigenvalue weighted by Crippen LogP contribution is 2.14. The first kappa shape index (κ1) is 17.6. The van der Waals surface area contributed by atoms with Gasteiger partial charge in [0.2, 0.25) is 0 Å². The van der Waals surface area contributed by atoms with Crippen molar-refractivity contribution >= 4 is 17.7 Å². The van der Waals surface area contributed by atoms with Crippen LogP contribution in [0.5, 0.6) is 0 Å². The monoisotopic (exact) mass is 303 g/mol. The van der Waals surface area contributed by atoms with Crippen LogP contribution in [-0.2, 0) is 14.4 Å². The molecule has 1 atom stereocenters. The fraction of sp³-hybridized carbons (Fsp3) is 0.353. The predicted octanol–water partition coefficient (Wildman–Crippen LogP) is 3.36. The van der Waals surface area contributed by atoms with Crippen LogP contribution in [-0.4, -0.2) is 24.8 Å². The van der Waals surface area contributed by atoms with E-state index in [-0.39, 0.29) is 5.97 Å². The van der Waals surface area contributed by atoms with E-state index in [1.807, 2.05) is 0 Å². The summed E-state index contributed by atoms with van der Waals surface area (Å²) in [7, 11) is 1.33. The van der Waals surface area contributed by atoms with Gasteiger partial charge in [0.05, 0.1) is 24.3 Å². The Kier molecular flexibility index (Phi) is 7.61. The Hall–Kier alpha value is -2.43. The van der Waals surface area contributed by atoms with Crippen molar-refractivity contribution in [2.75, 3.05) is 7.11 Å². The maximum Gasteiger partial charge on any atom is 0.365 e. The Balaban J connectivity index is 2.71. The number of hydrogen-bond acceptors (Lipinski definition) is 5. The fourth-order valence-electron chi connectivity index (χ4n) is 1.91. The normalized spacial score (nSPS) is 12.4. The molecule has 0 radical (unpaired) electrons. The van der Waals surface area contributed by atoms with E-state index in [4.69, 9.17) is 9.57 Å². The summed E-state index contributed by atoms with van der Waals surface area (Å²) in [6.45, 7) is 5.29. The van der Waals surface area contributed by atoms with Crippen molar-refractivity contribution in [2.45, 2.75) is 26.2 Å². The lowest BCUT2D eigenvalue weighted by Crippen LogP contribution is -2.24. The minimum Gasteiger partial charge on any atom is -0.469 e. The molecule has 118 valence electrons. The Labute approximate surface area is 130 Å². The summed E-state index contributed by atoms with van der Waals surface area (Å²) in [5.41, 5.74) is 0.820. The van der Waals surface area contributed by atoms with Gasteiger partial charge in [0, 0.05) is 0 Å². The smallest absolute Gasteiger partial charge is 0.365 e. The third-order valence-corrected chi connectivity index (χ3v) is 3.17. The van der Waals surface area contributed by atoms with Gasteiger partial charge >= 0.3 is 11.9 Å². The Bertz CT molecular complexity index is 537. The molecule has 0 aliphatic carbocycles. The molecule has 0 aliphatic heterocycles. The Morgan fingerprint density at radius 2 is 2.00 bits per heavy atom. The standard InChI is InChI=1S/C17H21NO4/c1-4-5-7-12-15(17(20)21-3)13(2)18-22-16(19)14-10-8-6-9-11-14/h4,6,8-11,15H,1,5,7,12H2,2-3H3/b18-13+. The van der Waals surface area contributed by atoms with Gasteiger partial charge in [0.15, 0.2) is 0 Å². The van der Waals surface area contributed by atoms with Crippen molar-refractivity contribution in [1.82, 2.24) is 0 Å². The molecule has 0 saturated carbocycles. The van der Waals surface area contributed by atoms with E-state index >= 15 is 0 Å². The average molecular weight is 303 g/mol. The maximum atomic E-state index is 11.8. The molecule has 22 heavy (non-hydrogen) atoms. The first-order valence-electron chi connectivity index (χ1n) is 7.09. The lowest BCUT2D eigenvalue weighted by molar-refractivity contribution is -0.143. The highest BCUT2D eigenvalue weighted by atomic mass is 16.7. The van der Waals surface area contributed by atoms with Crippen LogP contribution in [0.4, 0.5) is 0 Å². The zero-order valence-corrected chi connectivity index (χ0v) is 13.0. The van der Waals surface area contributed by atoms with Crippen LogP contribution in [0.3, 0.4) is 0 Å². The summed E-state index contributed by atoms with van der Waals surface area (Å²) in [6, 6.07) is 8.54. The number of ether oxygens (including phenoxy) is 1. The lowest BCUT2D eigenvalue weighted by Gasteiger charge is -2.13. The van der Waals surface area contributed by atoms with E-state index in [1.165, 1.54) is 7.11 Å². The number of oxime groups is 1. The van der Waals surface area contributed by atoms with E-state index in [0.29, 0.717) is 17.7 Å². The molecular formula is C17H21NO4. The number of carbonyl (C=O) groups is 2. The molecule has 0 saturated heterocycles. The quantitative estimate of drug-likeness (QED) is 0.184. The number of rotatable bonds is 8. The Morgan fingerprint density at radius 1 is 1.32 bits per heavy atom. The predicted molar refractivity (Wildman–Crippen MR) is 84.5 cm³/mol. The van der Waals surface area contributed by atoms with E-state index in [0.717, 1.165) is 12.8 Å². The molecule has 0 bridgehead atoms. The minimum absolute atomic E-state index is 0.388. The SMILES string of the molecule is C=CCCCC(C(=O)OC)/C(C)=N/OC(=O)c1ccccc1. The van der Waals surface area contributed by atoms with Crippen molar-refractivity contribution in [2.24, 2.45) is 11.1 Å². The molecule has 0 fully saturated rings. The molecule has 1 aromatic rings. The molecule has 0 heterocycles. The van der Waals surface area contributed by atoms with E-state index in [9.17, 15) is 9.59 Å². The van der Waals surface area contributed by atoms with Crippen LogP contribution in [0.25, 0.3) is 0 Å². The van der Waals surface area contributed by atoms with Gasteiger partial charge in [-0.1, -0.05) is 29.4 Å². The molecule has 5 nitrogen and oxygen atoms in total. The maximum absolute atomic E-state index is 11.8. The van der Waals surface area contributed by atoms with Gasteiger partial charge in [-0.05, 0) is 38.3 Å². The lowest BCUT2D eigenvalue weighted by atomic mass is 9.97. The van der Waals surface area contributed by atoms with Crippen molar-refractivity contribution in [1.29, 1.82) is 0 Å². The number of methoxy groups -OCH3 is 1. The molecule has 1 rings (SSSR count). The van der Waals surface area contributed by atoms with Crippen molar-refractivity contribution < 1.29 is 19.2 Å². The van der Waals surface area contributed by atoms with Gasteiger partial charge in [-0.2, -0.15) is 0 Å². The summed E-state index contributed by atoms with van der Waals surface area (Å²) in [4.78, 5) is 28.5. The highest BCUT2D eigenvalue weighted by Gasteiger charge is 2.23. The zero-order valence-electron chi connectivity index (χ0n) is 13.0. The summed E-state index contributed by atoms with van der Waals surface area (Å²) in [5, 5.41) is 3.79. The summed E-state index contributed by atoms with van der Waals surface area (Å²) < 4.78 is 4.77. The second kappa shape index (κ2) is 9.50. The number of esters is 1. The molecule has 0 N–H and O–H groups in total. The number of carbonyl (C=O) groups excluding carboxylic acids is 2. The van der Waals surface area contributed by atoms with Gasteiger partial charge in [-0.15, -0.1) is 6.58 Å². The van der Waals surface area contributed by atoms with Gasteiger partial charge in [0.25, 0.3) is 0 Å². The number of hydrogen-bond donors (Lipinski definition) is 0. The highest BCUT2D eigenvalue weighted by molar-refractivity contribution is 6.01. The van der Waals surface area contributed by atoms with Gasteiger partial charge in [0.1, 0.15) is 0 Å². The van der Waals surface area contributed by atoms with Crippen LogP contribution in [0.15, 0.2) is 48.1 Å². The number of unbranched alkanes of at least 4 members (excludes halogenated alkanes) is 1. The van der Waals surface area contributed by atoms with Gasteiger partial charge in [-0.3, -0.25) is 4.79 Å². The fourth-order valence-corrected chi connectivity index (χ4v) is 1.91. The molecule has 0 aromatic heterocycles. The molecule has 1 unspecified atom stereocenters. The number of benzene rings is 1.